The second-order valence-electron chi connectivity index (χ2n) is 5.65. The van der Waals surface area contributed by atoms with Gasteiger partial charge in [-0.2, -0.15) is 0 Å². The summed E-state index contributed by atoms with van der Waals surface area (Å²) in [5.41, 5.74) is 0.408. The van der Waals surface area contributed by atoms with Crippen molar-refractivity contribution in [3.8, 4) is 11.5 Å². The Morgan fingerprint density at radius 3 is 2.43 bits per heavy atom. The van der Waals surface area contributed by atoms with E-state index in [0.29, 0.717) is 30.2 Å². The number of hydrogen-bond donors (Lipinski definition) is 0. The third-order valence-electron chi connectivity index (χ3n) is 4.20. The summed E-state index contributed by atoms with van der Waals surface area (Å²) in [4.78, 5) is 14.4. The number of rotatable bonds is 3. The van der Waals surface area contributed by atoms with Crippen molar-refractivity contribution in [1.82, 2.24) is 4.90 Å². The molecule has 23 heavy (non-hydrogen) atoms. The monoisotopic (exact) mass is 341 g/mol. The maximum Gasteiger partial charge on any atom is 0.254 e. The molecule has 126 valence electrons. The van der Waals surface area contributed by atoms with E-state index in [4.69, 9.17) is 14.2 Å². The van der Waals surface area contributed by atoms with E-state index in [1.165, 1.54) is 14.2 Å². The van der Waals surface area contributed by atoms with E-state index in [9.17, 15) is 13.2 Å². The van der Waals surface area contributed by atoms with Crippen LogP contribution in [0, 0.1) is 0 Å². The molecule has 0 radical (unpaired) electrons. The van der Waals surface area contributed by atoms with Crippen LogP contribution in [-0.4, -0.2) is 70.2 Å². The molecular formula is C15H19NO6S. The van der Waals surface area contributed by atoms with Gasteiger partial charge in [-0.05, 0) is 12.1 Å². The summed E-state index contributed by atoms with van der Waals surface area (Å²) < 4.78 is 39.6. The van der Waals surface area contributed by atoms with Crippen LogP contribution in [0.1, 0.15) is 10.4 Å². The fourth-order valence-corrected chi connectivity index (χ4v) is 4.93. The summed E-state index contributed by atoms with van der Waals surface area (Å²) >= 11 is 0. The highest BCUT2D eigenvalue weighted by molar-refractivity contribution is 7.91. The van der Waals surface area contributed by atoms with Crippen LogP contribution >= 0.6 is 0 Å². The van der Waals surface area contributed by atoms with Gasteiger partial charge in [-0.25, -0.2) is 8.42 Å². The van der Waals surface area contributed by atoms with Gasteiger partial charge in [0, 0.05) is 18.2 Å². The molecule has 2 unspecified atom stereocenters. The molecule has 1 aromatic rings. The van der Waals surface area contributed by atoms with Crippen LogP contribution in [0.5, 0.6) is 11.5 Å². The van der Waals surface area contributed by atoms with Gasteiger partial charge < -0.3 is 19.1 Å². The molecule has 2 fully saturated rings. The minimum atomic E-state index is -3.17. The van der Waals surface area contributed by atoms with E-state index in [-0.39, 0.29) is 17.4 Å². The lowest BCUT2D eigenvalue weighted by Gasteiger charge is -2.36. The average Bonchev–Trinajstić information content (AvgIpc) is 2.87. The second-order valence-corrected chi connectivity index (χ2v) is 7.81. The molecule has 2 saturated heterocycles. The van der Waals surface area contributed by atoms with Crippen molar-refractivity contribution in [1.29, 1.82) is 0 Å². The second kappa shape index (κ2) is 6.01. The van der Waals surface area contributed by atoms with Crippen LogP contribution in [-0.2, 0) is 14.6 Å². The van der Waals surface area contributed by atoms with E-state index < -0.39 is 22.0 Å². The first-order valence-electron chi connectivity index (χ1n) is 7.29. The molecule has 0 aromatic heterocycles. The third-order valence-corrected chi connectivity index (χ3v) is 5.88. The number of amides is 1. The highest BCUT2D eigenvalue weighted by atomic mass is 32.2. The Balaban J connectivity index is 1.90. The first-order chi connectivity index (χ1) is 10.9. The van der Waals surface area contributed by atoms with Crippen LogP contribution in [0.2, 0.25) is 0 Å². The molecule has 2 aliphatic rings. The highest BCUT2D eigenvalue weighted by Gasteiger charge is 2.45. The Kier molecular flexibility index (Phi) is 4.20. The zero-order chi connectivity index (χ0) is 16.6. The number of fused-ring (bicyclic) bond motifs is 1. The molecule has 1 aromatic carbocycles. The maximum absolute atomic E-state index is 12.9. The van der Waals surface area contributed by atoms with Crippen LogP contribution in [0.15, 0.2) is 18.2 Å². The number of benzene rings is 1. The lowest BCUT2D eigenvalue weighted by molar-refractivity contribution is -0.0361. The zero-order valence-electron chi connectivity index (χ0n) is 13.0. The summed E-state index contributed by atoms with van der Waals surface area (Å²) in [6.45, 7) is 0.707. The first-order valence-corrected chi connectivity index (χ1v) is 9.12. The van der Waals surface area contributed by atoms with Crippen molar-refractivity contribution in [3.63, 3.8) is 0 Å². The lowest BCUT2D eigenvalue weighted by Crippen LogP contribution is -2.53. The van der Waals surface area contributed by atoms with Gasteiger partial charge in [-0.1, -0.05) is 0 Å². The van der Waals surface area contributed by atoms with E-state index >= 15 is 0 Å². The van der Waals surface area contributed by atoms with Gasteiger partial charge in [0.25, 0.3) is 5.91 Å². The van der Waals surface area contributed by atoms with Crippen molar-refractivity contribution in [2.75, 3.05) is 38.9 Å². The van der Waals surface area contributed by atoms with Gasteiger partial charge in [0.05, 0.1) is 44.5 Å². The molecule has 2 heterocycles. The number of sulfone groups is 1. The van der Waals surface area contributed by atoms with Gasteiger partial charge in [-0.3, -0.25) is 4.79 Å². The summed E-state index contributed by atoms with van der Waals surface area (Å²) in [6, 6.07) is 4.50. The standard InChI is InChI=1S/C15H19NO6S/c1-20-11-5-10(6-12(7-11)21-2)15(17)16-3-4-22-14-9-23(18,19)8-13(14)16/h5-7,13-14H,3-4,8-9H2,1-2H3. The molecule has 1 amide bonds. The number of carbonyl (C=O) groups is 1. The van der Waals surface area contributed by atoms with E-state index in [1.807, 2.05) is 0 Å². The number of carbonyl (C=O) groups excluding carboxylic acids is 1. The Morgan fingerprint density at radius 1 is 1.17 bits per heavy atom. The van der Waals surface area contributed by atoms with Crippen molar-refractivity contribution in [2.24, 2.45) is 0 Å². The van der Waals surface area contributed by atoms with Crippen molar-refractivity contribution in [2.45, 2.75) is 12.1 Å². The molecule has 0 bridgehead atoms. The quantitative estimate of drug-likeness (QED) is 0.789. The van der Waals surface area contributed by atoms with Crippen molar-refractivity contribution < 1.29 is 27.4 Å². The Labute approximate surface area is 135 Å². The van der Waals surface area contributed by atoms with E-state index in [0.717, 1.165) is 0 Å². The third kappa shape index (κ3) is 3.13. The Hall–Kier alpha value is -1.80. The number of morpholine rings is 1. The molecule has 2 atom stereocenters. The molecular weight excluding hydrogens is 322 g/mol. The van der Waals surface area contributed by atoms with Gasteiger partial charge in [0.15, 0.2) is 9.84 Å². The molecule has 7 nitrogen and oxygen atoms in total. The Bertz CT molecular complexity index is 694. The largest absolute Gasteiger partial charge is 0.497 e. The molecule has 0 saturated carbocycles. The maximum atomic E-state index is 12.9. The zero-order valence-corrected chi connectivity index (χ0v) is 13.8. The van der Waals surface area contributed by atoms with E-state index in [2.05, 4.69) is 0 Å². The number of ether oxygens (including phenoxy) is 3. The van der Waals surface area contributed by atoms with Crippen LogP contribution in [0.25, 0.3) is 0 Å². The normalized spacial score (nSPS) is 25.7. The fourth-order valence-electron chi connectivity index (χ4n) is 3.06. The van der Waals surface area contributed by atoms with Crippen LogP contribution < -0.4 is 9.47 Å². The van der Waals surface area contributed by atoms with Crippen LogP contribution in [0.3, 0.4) is 0 Å². The summed E-state index contributed by atoms with van der Waals surface area (Å²) in [6.07, 6.45) is -0.440. The SMILES string of the molecule is COc1cc(OC)cc(C(=O)N2CCOC3CS(=O)(=O)CC32)c1. The predicted octanol–water partition coefficient (Wildman–Crippen LogP) is 0.342. The average molecular weight is 341 g/mol. The van der Waals surface area contributed by atoms with Gasteiger partial charge in [0.2, 0.25) is 0 Å². The smallest absolute Gasteiger partial charge is 0.254 e. The molecule has 3 rings (SSSR count). The van der Waals surface area contributed by atoms with Crippen LogP contribution in [0.4, 0.5) is 0 Å². The lowest BCUT2D eigenvalue weighted by atomic mass is 10.1. The predicted molar refractivity (Wildman–Crippen MR) is 82.8 cm³/mol. The molecule has 8 heteroatoms. The highest BCUT2D eigenvalue weighted by Crippen LogP contribution is 2.28. The van der Waals surface area contributed by atoms with E-state index in [1.54, 1.807) is 23.1 Å². The number of methoxy groups -OCH3 is 2. The first kappa shape index (κ1) is 16.1. The van der Waals surface area contributed by atoms with Crippen molar-refractivity contribution in [3.05, 3.63) is 23.8 Å². The number of hydrogen-bond acceptors (Lipinski definition) is 6. The number of nitrogens with zero attached hydrogens (tertiary/aromatic N) is 1. The van der Waals surface area contributed by atoms with Crippen molar-refractivity contribution >= 4 is 15.7 Å². The van der Waals surface area contributed by atoms with Gasteiger partial charge in [-0.15, -0.1) is 0 Å². The minimum absolute atomic E-state index is 0.0249. The topological polar surface area (TPSA) is 82.1 Å². The summed E-state index contributed by atoms with van der Waals surface area (Å²) in [7, 11) is -0.149. The molecule has 0 N–H and O–H groups in total. The molecule has 0 aliphatic carbocycles. The molecule has 2 aliphatic heterocycles. The minimum Gasteiger partial charge on any atom is -0.497 e. The summed E-state index contributed by atoms with van der Waals surface area (Å²) in [5.74, 6) is 0.707. The molecule has 0 spiro atoms. The van der Waals surface area contributed by atoms with Gasteiger partial charge in [0.1, 0.15) is 11.5 Å². The Morgan fingerprint density at radius 2 is 1.83 bits per heavy atom. The van der Waals surface area contributed by atoms with Gasteiger partial charge >= 0.3 is 0 Å². The fraction of sp³-hybridized carbons (Fsp3) is 0.533. The summed E-state index contributed by atoms with van der Waals surface area (Å²) in [5, 5.41) is 0.